The van der Waals surface area contributed by atoms with Gasteiger partial charge in [-0.15, -0.1) is 0 Å². The average molecular weight is 462 g/mol. The van der Waals surface area contributed by atoms with Gasteiger partial charge in [0.2, 0.25) is 17.3 Å². The summed E-state index contributed by atoms with van der Waals surface area (Å²) < 4.78 is 16.1. The highest BCUT2D eigenvalue weighted by Crippen LogP contribution is 2.39. The Morgan fingerprint density at radius 2 is 1.70 bits per heavy atom. The Labute approximate surface area is 195 Å². The smallest absolute Gasteiger partial charge is 0.332 e. The molecule has 0 bridgehead atoms. The van der Waals surface area contributed by atoms with Gasteiger partial charge in [-0.25, -0.2) is 4.79 Å². The van der Waals surface area contributed by atoms with Crippen LogP contribution in [0.1, 0.15) is 52.0 Å². The van der Waals surface area contributed by atoms with Gasteiger partial charge in [-0.2, -0.15) is 0 Å². The van der Waals surface area contributed by atoms with Gasteiger partial charge in [-0.3, -0.25) is 14.5 Å². The van der Waals surface area contributed by atoms with Crippen molar-refractivity contribution in [2.75, 3.05) is 34.4 Å². The van der Waals surface area contributed by atoms with Gasteiger partial charge in [-0.05, 0) is 49.9 Å². The Morgan fingerprint density at radius 1 is 1.09 bits per heavy atom. The van der Waals surface area contributed by atoms with Crippen molar-refractivity contribution in [3.05, 3.63) is 23.8 Å². The van der Waals surface area contributed by atoms with Gasteiger partial charge < -0.3 is 19.3 Å². The number of carbonyl (C=O) groups is 3. The van der Waals surface area contributed by atoms with E-state index >= 15 is 0 Å². The lowest BCUT2D eigenvalue weighted by atomic mass is 9.74. The third kappa shape index (κ3) is 5.21. The third-order valence-electron chi connectivity index (χ3n) is 6.51. The van der Waals surface area contributed by atoms with E-state index in [1.165, 1.54) is 21.3 Å². The third-order valence-corrected chi connectivity index (χ3v) is 6.51. The quantitative estimate of drug-likeness (QED) is 0.394. The van der Waals surface area contributed by atoms with E-state index in [1.807, 2.05) is 6.92 Å². The van der Waals surface area contributed by atoms with Crippen LogP contribution in [0.2, 0.25) is 0 Å². The van der Waals surface area contributed by atoms with Crippen LogP contribution in [-0.4, -0.2) is 67.5 Å². The van der Waals surface area contributed by atoms with E-state index < -0.39 is 28.5 Å². The van der Waals surface area contributed by atoms with E-state index in [9.17, 15) is 19.5 Å². The maximum absolute atomic E-state index is 13.3. The number of aliphatic carboxylic acids is 1. The molecule has 8 nitrogen and oxygen atoms in total. The molecule has 1 heterocycles. The first-order valence-electron chi connectivity index (χ1n) is 11.1. The number of benzene rings is 1. The summed E-state index contributed by atoms with van der Waals surface area (Å²) in [5.41, 5.74) is -1.99. The number of rotatable bonds is 11. The van der Waals surface area contributed by atoms with Crippen molar-refractivity contribution in [2.24, 2.45) is 5.41 Å². The molecule has 0 amide bonds. The molecule has 0 saturated carbocycles. The Hall–Kier alpha value is -2.87. The number of ketones is 2. The van der Waals surface area contributed by atoms with Gasteiger partial charge in [0, 0.05) is 12.0 Å². The predicted molar refractivity (Wildman–Crippen MR) is 125 cm³/mol. The fraction of sp³-hybridized carbons (Fsp3) is 0.560. The Morgan fingerprint density at radius 3 is 2.18 bits per heavy atom. The average Bonchev–Trinajstić information content (AvgIpc) is 2.82. The van der Waals surface area contributed by atoms with Crippen molar-refractivity contribution in [2.45, 2.75) is 52.0 Å². The van der Waals surface area contributed by atoms with Crippen molar-refractivity contribution < 1.29 is 33.7 Å². The van der Waals surface area contributed by atoms with Crippen LogP contribution in [0.5, 0.6) is 17.2 Å². The lowest BCUT2D eigenvalue weighted by Crippen LogP contribution is -2.65. The summed E-state index contributed by atoms with van der Waals surface area (Å²) >= 11 is 0. The number of hydrogen-bond donors (Lipinski definition) is 1. The number of piperidine rings is 1. The Kier molecular flexibility index (Phi) is 8.66. The monoisotopic (exact) mass is 461 g/mol. The van der Waals surface area contributed by atoms with Crippen molar-refractivity contribution in [3.63, 3.8) is 0 Å². The number of carboxylic acid groups (broad SMARTS) is 1. The molecule has 1 atom stereocenters. The molecule has 1 aromatic rings. The van der Waals surface area contributed by atoms with Crippen LogP contribution in [0.25, 0.3) is 6.08 Å². The SMILES string of the molecule is CCC(C)(C)C(=O)C(=O)C1(C(=O)O)CCCCN1C/C=C/c1cc(OC)c(OC)c(OC)c1. The highest BCUT2D eigenvalue weighted by molar-refractivity contribution is 6.46. The topological polar surface area (TPSA) is 102 Å². The van der Waals surface area contributed by atoms with Gasteiger partial charge in [-0.1, -0.05) is 32.9 Å². The molecule has 1 aliphatic rings. The van der Waals surface area contributed by atoms with Gasteiger partial charge in [0.05, 0.1) is 21.3 Å². The maximum Gasteiger partial charge on any atom is 0.332 e. The second kappa shape index (κ2) is 10.8. The first-order valence-corrected chi connectivity index (χ1v) is 11.1. The van der Waals surface area contributed by atoms with Crippen LogP contribution < -0.4 is 14.2 Å². The minimum Gasteiger partial charge on any atom is -0.493 e. The molecule has 182 valence electrons. The molecule has 1 N–H and O–H groups in total. The van der Waals surface area contributed by atoms with E-state index in [0.29, 0.717) is 36.6 Å². The van der Waals surface area contributed by atoms with Crippen LogP contribution in [0, 0.1) is 5.41 Å². The zero-order valence-corrected chi connectivity index (χ0v) is 20.4. The van der Waals surface area contributed by atoms with E-state index in [-0.39, 0.29) is 13.0 Å². The Balaban J connectivity index is 2.36. The number of ether oxygens (including phenoxy) is 3. The number of carboxylic acids is 1. The first-order chi connectivity index (χ1) is 15.6. The normalized spacial score (nSPS) is 19.3. The summed E-state index contributed by atoms with van der Waals surface area (Å²) in [4.78, 5) is 40.3. The number of carbonyl (C=O) groups excluding carboxylic acids is 2. The Bertz CT molecular complexity index is 896. The van der Waals surface area contributed by atoms with E-state index in [1.54, 1.807) is 43.0 Å². The molecule has 8 heteroatoms. The molecule has 0 aliphatic carbocycles. The molecular formula is C25H35NO7. The lowest BCUT2D eigenvalue weighted by Gasteiger charge is -2.42. The van der Waals surface area contributed by atoms with E-state index in [0.717, 1.165) is 12.0 Å². The number of likely N-dealkylation sites (tertiary alicyclic amines) is 1. The first kappa shape index (κ1) is 26.4. The highest BCUT2D eigenvalue weighted by atomic mass is 16.5. The molecule has 0 radical (unpaired) electrons. The fourth-order valence-corrected chi connectivity index (χ4v) is 4.05. The molecule has 2 rings (SSSR count). The molecule has 33 heavy (non-hydrogen) atoms. The van der Waals surface area contributed by atoms with Gasteiger partial charge in [0.25, 0.3) is 0 Å². The summed E-state index contributed by atoms with van der Waals surface area (Å²) in [5.74, 6) is -1.26. The number of hydrogen-bond acceptors (Lipinski definition) is 7. The molecule has 1 aromatic carbocycles. The minimum absolute atomic E-state index is 0.116. The summed E-state index contributed by atoms with van der Waals surface area (Å²) in [7, 11) is 4.58. The fourth-order valence-electron chi connectivity index (χ4n) is 4.05. The second-order valence-corrected chi connectivity index (χ2v) is 8.83. The van der Waals surface area contributed by atoms with Crippen LogP contribution in [0.15, 0.2) is 18.2 Å². The summed E-state index contributed by atoms with van der Waals surface area (Å²) in [6.07, 6.45) is 5.48. The predicted octanol–water partition coefficient (Wildman–Crippen LogP) is 3.61. The zero-order valence-electron chi connectivity index (χ0n) is 20.4. The summed E-state index contributed by atoms with van der Waals surface area (Å²) in [6, 6.07) is 3.55. The largest absolute Gasteiger partial charge is 0.493 e. The van der Waals surface area contributed by atoms with Crippen LogP contribution in [-0.2, 0) is 14.4 Å². The molecule has 0 spiro atoms. The van der Waals surface area contributed by atoms with Crippen molar-refractivity contribution in [1.82, 2.24) is 4.90 Å². The van der Waals surface area contributed by atoms with Crippen molar-refractivity contribution in [1.29, 1.82) is 0 Å². The number of nitrogens with zero attached hydrogens (tertiary/aromatic N) is 1. The maximum atomic E-state index is 13.3. The molecular weight excluding hydrogens is 426 g/mol. The molecule has 1 unspecified atom stereocenters. The number of Topliss-reactive ketones (excluding diaryl/α,β-unsaturated/α-hetero) is 2. The van der Waals surface area contributed by atoms with E-state index in [4.69, 9.17) is 14.2 Å². The van der Waals surface area contributed by atoms with Crippen LogP contribution in [0.4, 0.5) is 0 Å². The van der Waals surface area contributed by atoms with Gasteiger partial charge >= 0.3 is 5.97 Å². The highest BCUT2D eigenvalue weighted by Gasteiger charge is 2.55. The zero-order chi connectivity index (χ0) is 24.8. The molecule has 1 aliphatic heterocycles. The minimum atomic E-state index is -1.85. The number of methoxy groups -OCH3 is 3. The van der Waals surface area contributed by atoms with Crippen LogP contribution in [0.3, 0.4) is 0 Å². The summed E-state index contributed by atoms with van der Waals surface area (Å²) in [5, 5.41) is 10.1. The molecule has 1 fully saturated rings. The molecule has 1 saturated heterocycles. The van der Waals surface area contributed by atoms with Gasteiger partial charge in [0.15, 0.2) is 17.0 Å². The molecule has 0 aromatic heterocycles. The second-order valence-electron chi connectivity index (χ2n) is 8.83. The summed E-state index contributed by atoms with van der Waals surface area (Å²) in [6.45, 7) is 5.80. The lowest BCUT2D eigenvalue weighted by molar-refractivity contribution is -0.165. The standard InChI is InChI=1S/C25H35NO7/c1-7-24(2,3)21(27)22(28)25(23(29)30)12-8-9-13-26(25)14-10-11-17-15-18(31-4)20(33-6)19(16-17)32-5/h10-11,15-16H,7-9,12-14H2,1-6H3,(H,29,30)/b11-10+. The van der Waals surface area contributed by atoms with E-state index in [2.05, 4.69) is 0 Å². The van der Waals surface area contributed by atoms with Crippen LogP contribution >= 0.6 is 0 Å². The van der Waals surface area contributed by atoms with Crippen molar-refractivity contribution >= 4 is 23.6 Å². The van der Waals surface area contributed by atoms with Gasteiger partial charge in [0.1, 0.15) is 0 Å². The van der Waals surface area contributed by atoms with Crippen molar-refractivity contribution in [3.8, 4) is 17.2 Å².